The summed E-state index contributed by atoms with van der Waals surface area (Å²) in [5.74, 6) is 1.26. The molecule has 0 radical (unpaired) electrons. The van der Waals surface area contributed by atoms with Crippen molar-refractivity contribution in [1.82, 2.24) is 9.97 Å². The van der Waals surface area contributed by atoms with Gasteiger partial charge in [0.15, 0.2) is 0 Å². The summed E-state index contributed by atoms with van der Waals surface area (Å²) < 4.78 is 0. The topological polar surface area (TPSA) is 74.8 Å². The second-order valence-electron chi connectivity index (χ2n) is 7.07. The van der Waals surface area contributed by atoms with Crippen molar-refractivity contribution < 1.29 is 4.79 Å². The summed E-state index contributed by atoms with van der Waals surface area (Å²) in [7, 11) is 0. The fourth-order valence-corrected chi connectivity index (χ4v) is 4.93. The molecule has 0 saturated carbocycles. The van der Waals surface area contributed by atoms with Gasteiger partial charge in [-0.2, -0.15) is 0 Å². The van der Waals surface area contributed by atoms with Crippen molar-refractivity contribution in [3.8, 4) is 11.1 Å². The summed E-state index contributed by atoms with van der Waals surface area (Å²) in [6.07, 6.45) is 0. The monoisotopic (exact) mass is 435 g/mol. The van der Waals surface area contributed by atoms with Crippen molar-refractivity contribution in [3.05, 3.63) is 81.2 Å². The van der Waals surface area contributed by atoms with Crippen LogP contribution in [0.4, 0.5) is 5.69 Å². The molecule has 0 aliphatic carbocycles. The minimum absolute atomic E-state index is 0.0714. The Bertz CT molecular complexity index is 1260. The van der Waals surface area contributed by atoms with E-state index in [2.05, 4.69) is 15.3 Å². The number of carbonyl (C=O) groups is 1. The van der Waals surface area contributed by atoms with Crippen LogP contribution in [-0.4, -0.2) is 21.6 Å². The van der Waals surface area contributed by atoms with Gasteiger partial charge in [0.25, 0.3) is 5.56 Å². The van der Waals surface area contributed by atoms with Crippen LogP contribution in [0.25, 0.3) is 21.3 Å². The minimum Gasteiger partial charge on any atom is -0.325 e. The summed E-state index contributed by atoms with van der Waals surface area (Å²) >= 11 is 2.88. The highest BCUT2D eigenvalue weighted by Gasteiger charge is 2.13. The largest absolute Gasteiger partial charge is 0.325 e. The number of rotatable bonds is 6. The molecule has 30 heavy (non-hydrogen) atoms. The summed E-state index contributed by atoms with van der Waals surface area (Å²) in [6.45, 7) is 4.00. The lowest BCUT2D eigenvalue weighted by atomic mass is 10.1. The number of thiophene rings is 1. The quantitative estimate of drug-likeness (QED) is 0.440. The molecular weight excluding hydrogens is 414 g/mol. The van der Waals surface area contributed by atoms with Gasteiger partial charge in [0.1, 0.15) is 10.7 Å². The highest BCUT2D eigenvalue weighted by atomic mass is 32.2. The molecule has 0 unspecified atom stereocenters. The van der Waals surface area contributed by atoms with Gasteiger partial charge in [-0.05, 0) is 31.0 Å². The highest BCUT2D eigenvalue weighted by Crippen LogP contribution is 2.30. The predicted octanol–water partition coefficient (Wildman–Crippen LogP) is 5.14. The zero-order chi connectivity index (χ0) is 21.1. The highest BCUT2D eigenvalue weighted by molar-refractivity contribution is 7.99. The average molecular weight is 436 g/mol. The van der Waals surface area contributed by atoms with E-state index in [0.29, 0.717) is 21.8 Å². The van der Waals surface area contributed by atoms with Crippen LogP contribution in [0.15, 0.2) is 58.7 Å². The van der Waals surface area contributed by atoms with Crippen molar-refractivity contribution in [3.63, 3.8) is 0 Å². The van der Waals surface area contributed by atoms with Gasteiger partial charge >= 0.3 is 0 Å². The van der Waals surface area contributed by atoms with E-state index in [1.807, 2.05) is 67.8 Å². The Labute approximate surface area is 182 Å². The molecule has 4 aromatic rings. The Morgan fingerprint density at radius 2 is 1.97 bits per heavy atom. The van der Waals surface area contributed by atoms with Crippen LogP contribution in [-0.2, 0) is 10.5 Å². The number of nitrogens with one attached hydrogen (secondary N) is 2. The fraction of sp³-hybridized carbons (Fsp3) is 0.174. The number of aromatic nitrogens is 2. The van der Waals surface area contributed by atoms with Crippen molar-refractivity contribution >= 4 is 44.9 Å². The summed E-state index contributed by atoms with van der Waals surface area (Å²) in [6, 6.07) is 15.8. The standard InChI is InChI=1S/C23H21N3O2S2/c1-14-8-9-18(15(2)10-14)24-20(27)13-29-12-19-25-22(28)21-17(11-30-23(21)26-19)16-6-4-3-5-7-16/h3-11H,12-13H2,1-2H3,(H,24,27)(H,25,26,28). The second-order valence-corrected chi connectivity index (χ2v) is 8.91. The van der Waals surface area contributed by atoms with Crippen LogP contribution < -0.4 is 10.9 Å². The Hall–Kier alpha value is -2.90. The maximum Gasteiger partial charge on any atom is 0.260 e. The zero-order valence-corrected chi connectivity index (χ0v) is 18.3. The summed E-state index contributed by atoms with van der Waals surface area (Å²) in [5, 5.41) is 5.52. The van der Waals surface area contributed by atoms with Crippen LogP contribution in [0.2, 0.25) is 0 Å². The van der Waals surface area contributed by atoms with Crippen LogP contribution in [0, 0.1) is 13.8 Å². The van der Waals surface area contributed by atoms with E-state index in [4.69, 9.17) is 0 Å². The number of aryl methyl sites for hydroxylation is 2. The third-order valence-electron chi connectivity index (χ3n) is 4.71. The van der Waals surface area contributed by atoms with E-state index >= 15 is 0 Å². The second kappa shape index (κ2) is 8.85. The molecule has 0 bridgehead atoms. The molecule has 0 fully saturated rings. The molecule has 4 rings (SSSR count). The van der Waals surface area contributed by atoms with Gasteiger partial charge in [-0.15, -0.1) is 23.1 Å². The van der Waals surface area contributed by atoms with Gasteiger partial charge in [0, 0.05) is 16.6 Å². The number of carbonyl (C=O) groups excluding carboxylic acids is 1. The number of aromatic amines is 1. The Morgan fingerprint density at radius 3 is 2.73 bits per heavy atom. The molecule has 2 aromatic heterocycles. The average Bonchev–Trinajstić information content (AvgIpc) is 3.15. The molecule has 2 N–H and O–H groups in total. The van der Waals surface area contributed by atoms with E-state index in [9.17, 15) is 9.59 Å². The van der Waals surface area contributed by atoms with E-state index in [1.165, 1.54) is 23.1 Å². The molecule has 0 aliphatic heterocycles. The lowest BCUT2D eigenvalue weighted by Crippen LogP contribution is -2.16. The number of hydrogen-bond acceptors (Lipinski definition) is 5. The number of benzene rings is 2. The summed E-state index contributed by atoms with van der Waals surface area (Å²) in [5.41, 5.74) is 4.78. The first-order chi connectivity index (χ1) is 14.5. The van der Waals surface area contributed by atoms with Crippen LogP contribution in [0.1, 0.15) is 17.0 Å². The maximum absolute atomic E-state index is 12.7. The minimum atomic E-state index is -0.143. The lowest BCUT2D eigenvalue weighted by molar-refractivity contribution is -0.113. The first-order valence-corrected chi connectivity index (χ1v) is 11.6. The van der Waals surface area contributed by atoms with E-state index in [1.54, 1.807) is 0 Å². The number of amides is 1. The molecule has 1 amide bonds. The maximum atomic E-state index is 12.7. The number of anilines is 1. The third kappa shape index (κ3) is 4.47. The van der Waals surface area contributed by atoms with Gasteiger partial charge in [-0.1, -0.05) is 48.0 Å². The Morgan fingerprint density at radius 1 is 1.17 bits per heavy atom. The van der Waals surface area contributed by atoms with Gasteiger partial charge in [0.2, 0.25) is 5.91 Å². The van der Waals surface area contributed by atoms with Gasteiger partial charge in [-0.25, -0.2) is 4.98 Å². The first kappa shape index (κ1) is 20.4. The van der Waals surface area contributed by atoms with Crippen molar-refractivity contribution in [2.75, 3.05) is 11.1 Å². The van der Waals surface area contributed by atoms with E-state index in [-0.39, 0.29) is 17.2 Å². The Kier molecular flexibility index (Phi) is 6.01. The number of H-pyrrole nitrogens is 1. The molecular formula is C23H21N3O2S2. The molecule has 152 valence electrons. The van der Waals surface area contributed by atoms with Crippen LogP contribution in [0.3, 0.4) is 0 Å². The number of nitrogens with zero attached hydrogens (tertiary/aromatic N) is 1. The number of thioether (sulfide) groups is 1. The van der Waals surface area contributed by atoms with Crippen molar-refractivity contribution in [2.24, 2.45) is 0 Å². The predicted molar refractivity (Wildman–Crippen MR) is 126 cm³/mol. The molecule has 0 aliphatic rings. The molecule has 5 nitrogen and oxygen atoms in total. The molecule has 0 atom stereocenters. The lowest BCUT2D eigenvalue weighted by Gasteiger charge is -2.09. The molecule has 2 aromatic carbocycles. The van der Waals surface area contributed by atoms with E-state index in [0.717, 1.165) is 27.9 Å². The van der Waals surface area contributed by atoms with Gasteiger partial charge < -0.3 is 10.3 Å². The molecule has 2 heterocycles. The van der Waals surface area contributed by atoms with Crippen molar-refractivity contribution in [2.45, 2.75) is 19.6 Å². The van der Waals surface area contributed by atoms with E-state index < -0.39 is 0 Å². The SMILES string of the molecule is Cc1ccc(NC(=O)CSCc2nc3scc(-c4ccccc4)c3c(=O)[nH]2)c(C)c1. The van der Waals surface area contributed by atoms with Crippen molar-refractivity contribution in [1.29, 1.82) is 0 Å². The fourth-order valence-electron chi connectivity index (χ4n) is 3.27. The molecule has 0 spiro atoms. The normalized spacial score (nSPS) is 11.0. The summed E-state index contributed by atoms with van der Waals surface area (Å²) in [4.78, 5) is 33.1. The zero-order valence-electron chi connectivity index (χ0n) is 16.7. The smallest absolute Gasteiger partial charge is 0.260 e. The third-order valence-corrected chi connectivity index (χ3v) is 6.52. The van der Waals surface area contributed by atoms with Crippen LogP contribution >= 0.6 is 23.1 Å². The molecule has 0 saturated heterocycles. The van der Waals surface area contributed by atoms with Gasteiger partial charge in [-0.3, -0.25) is 9.59 Å². The van der Waals surface area contributed by atoms with Gasteiger partial charge in [0.05, 0.1) is 16.9 Å². The number of hydrogen-bond donors (Lipinski definition) is 2. The number of fused-ring (bicyclic) bond motifs is 1. The first-order valence-electron chi connectivity index (χ1n) is 9.52. The Balaban J connectivity index is 1.42. The molecule has 7 heteroatoms. The van der Waals surface area contributed by atoms with Crippen LogP contribution in [0.5, 0.6) is 0 Å².